The van der Waals surface area contributed by atoms with Crippen LogP contribution in [0.25, 0.3) is 0 Å². The van der Waals surface area contributed by atoms with Gasteiger partial charge in [-0.2, -0.15) is 5.26 Å². The van der Waals surface area contributed by atoms with Crippen molar-refractivity contribution in [3.05, 3.63) is 83.9 Å². The fourth-order valence-corrected chi connectivity index (χ4v) is 3.69. The van der Waals surface area contributed by atoms with Crippen molar-refractivity contribution in [2.24, 2.45) is 0 Å². The van der Waals surface area contributed by atoms with Gasteiger partial charge in [0.1, 0.15) is 18.4 Å². The second-order valence-electron chi connectivity index (χ2n) is 8.13. The van der Waals surface area contributed by atoms with Crippen molar-refractivity contribution in [1.82, 2.24) is 0 Å². The highest BCUT2D eigenvalue weighted by atomic mass is 16.5. The van der Waals surface area contributed by atoms with E-state index >= 15 is 0 Å². The molecule has 3 aromatic rings. The Morgan fingerprint density at radius 2 is 1.76 bits per heavy atom. The van der Waals surface area contributed by atoms with Crippen LogP contribution in [0.15, 0.2) is 72.8 Å². The molecule has 174 valence electrons. The lowest BCUT2D eigenvalue weighted by atomic mass is 10.1. The van der Waals surface area contributed by atoms with Gasteiger partial charge < -0.3 is 25.0 Å². The van der Waals surface area contributed by atoms with E-state index in [1.807, 2.05) is 73.7 Å². The summed E-state index contributed by atoms with van der Waals surface area (Å²) in [6, 6.07) is 24.4. The molecular formula is C27H28N4O3. The van der Waals surface area contributed by atoms with E-state index in [4.69, 9.17) is 14.7 Å². The Balaban J connectivity index is 1.26. The Hall–Kier alpha value is -4.02. The van der Waals surface area contributed by atoms with Crippen LogP contribution in [0.5, 0.6) is 5.75 Å². The Kier molecular flexibility index (Phi) is 7.63. The molecule has 0 radical (unpaired) electrons. The number of nitriles is 1. The van der Waals surface area contributed by atoms with Crippen LogP contribution in [0.1, 0.15) is 18.1 Å². The summed E-state index contributed by atoms with van der Waals surface area (Å²) in [5, 5.41) is 15.2. The maximum Gasteiger partial charge on any atom is 0.246 e. The molecule has 34 heavy (non-hydrogen) atoms. The highest BCUT2D eigenvalue weighted by molar-refractivity contribution is 5.96. The van der Waals surface area contributed by atoms with Gasteiger partial charge in [-0.15, -0.1) is 0 Å². The van der Waals surface area contributed by atoms with Crippen LogP contribution in [-0.2, 0) is 16.1 Å². The molecule has 2 N–H and O–H groups in total. The van der Waals surface area contributed by atoms with Crippen molar-refractivity contribution in [2.75, 3.05) is 41.8 Å². The molecule has 1 aliphatic rings. The lowest BCUT2D eigenvalue weighted by Crippen LogP contribution is -2.36. The number of hydrogen-bond acceptors (Lipinski definition) is 6. The highest BCUT2D eigenvalue weighted by Gasteiger charge is 2.14. The Morgan fingerprint density at radius 1 is 1.06 bits per heavy atom. The van der Waals surface area contributed by atoms with E-state index in [9.17, 15) is 4.79 Å². The van der Waals surface area contributed by atoms with E-state index in [0.717, 1.165) is 48.9 Å². The van der Waals surface area contributed by atoms with Gasteiger partial charge in [0.2, 0.25) is 5.91 Å². The third kappa shape index (κ3) is 6.27. The summed E-state index contributed by atoms with van der Waals surface area (Å²) >= 11 is 0. The number of nitrogens with one attached hydrogen (secondary N) is 2. The fourth-order valence-electron chi connectivity index (χ4n) is 3.69. The van der Waals surface area contributed by atoms with E-state index in [0.29, 0.717) is 17.9 Å². The monoisotopic (exact) mass is 456 g/mol. The molecule has 7 nitrogen and oxygen atoms in total. The smallest absolute Gasteiger partial charge is 0.246 e. The predicted molar refractivity (Wildman–Crippen MR) is 133 cm³/mol. The number of carbonyl (C=O) groups is 1. The number of carbonyl (C=O) groups excluding carboxylic acids is 1. The maximum atomic E-state index is 12.6. The molecule has 1 saturated heterocycles. The molecule has 4 rings (SSSR count). The molecule has 0 aromatic heterocycles. The minimum absolute atomic E-state index is 0.114. The molecule has 3 aromatic carbocycles. The molecule has 1 atom stereocenters. The van der Waals surface area contributed by atoms with E-state index in [2.05, 4.69) is 21.6 Å². The van der Waals surface area contributed by atoms with Crippen LogP contribution in [0.4, 0.5) is 17.1 Å². The zero-order valence-corrected chi connectivity index (χ0v) is 19.2. The molecule has 1 unspecified atom stereocenters. The third-order valence-corrected chi connectivity index (χ3v) is 5.60. The number of rotatable bonds is 8. The minimum atomic E-state index is -0.417. The Morgan fingerprint density at radius 3 is 2.47 bits per heavy atom. The van der Waals surface area contributed by atoms with Crippen LogP contribution in [-0.4, -0.2) is 38.3 Å². The van der Waals surface area contributed by atoms with E-state index in [1.165, 1.54) is 0 Å². The summed E-state index contributed by atoms with van der Waals surface area (Å²) in [7, 11) is 0. The molecule has 1 fully saturated rings. The first-order chi connectivity index (χ1) is 16.6. The number of benzene rings is 3. The molecular weight excluding hydrogens is 428 g/mol. The van der Waals surface area contributed by atoms with E-state index in [-0.39, 0.29) is 5.91 Å². The number of amides is 1. The number of ether oxygens (including phenoxy) is 2. The standard InChI is InChI=1S/C27H28N4O3/c1-20(27(32)30-24-5-9-25(10-6-24)31-13-15-33-16-14-31)29-23-7-11-26(12-8-23)34-19-22-4-2-3-21(17-22)18-28/h2-12,17,20,29H,13-16,19H2,1H3,(H,30,32). The predicted octanol–water partition coefficient (Wildman–Crippen LogP) is 4.41. The number of morpholine rings is 1. The molecule has 7 heteroatoms. The van der Waals surface area contributed by atoms with Gasteiger partial charge >= 0.3 is 0 Å². The number of anilines is 3. The van der Waals surface area contributed by atoms with Gasteiger partial charge in [0.05, 0.1) is 24.8 Å². The van der Waals surface area contributed by atoms with Crippen molar-refractivity contribution >= 4 is 23.0 Å². The van der Waals surface area contributed by atoms with Crippen LogP contribution in [0.2, 0.25) is 0 Å². The quantitative estimate of drug-likeness (QED) is 0.522. The SMILES string of the molecule is CC(Nc1ccc(OCc2cccc(C#N)c2)cc1)C(=O)Nc1ccc(N2CCOCC2)cc1. The summed E-state index contributed by atoms with van der Waals surface area (Å²) < 4.78 is 11.2. The van der Waals surface area contributed by atoms with Gasteiger partial charge in [0, 0.05) is 30.2 Å². The molecule has 0 aliphatic carbocycles. The van der Waals surface area contributed by atoms with Crippen molar-refractivity contribution in [1.29, 1.82) is 5.26 Å². The van der Waals surface area contributed by atoms with Crippen LogP contribution in [0, 0.1) is 11.3 Å². The summed E-state index contributed by atoms with van der Waals surface area (Å²) in [6.07, 6.45) is 0. The lowest BCUT2D eigenvalue weighted by Gasteiger charge is -2.29. The molecule has 1 heterocycles. The summed E-state index contributed by atoms with van der Waals surface area (Å²) in [6.45, 7) is 5.45. The van der Waals surface area contributed by atoms with Gasteiger partial charge in [0.15, 0.2) is 0 Å². The van der Waals surface area contributed by atoms with E-state index < -0.39 is 6.04 Å². The van der Waals surface area contributed by atoms with Crippen LogP contribution >= 0.6 is 0 Å². The van der Waals surface area contributed by atoms with Crippen LogP contribution in [0.3, 0.4) is 0 Å². The molecule has 0 saturated carbocycles. The first-order valence-electron chi connectivity index (χ1n) is 11.3. The molecule has 0 spiro atoms. The Bertz CT molecular complexity index is 1130. The van der Waals surface area contributed by atoms with Crippen molar-refractivity contribution < 1.29 is 14.3 Å². The second-order valence-corrected chi connectivity index (χ2v) is 8.13. The van der Waals surface area contributed by atoms with Crippen LogP contribution < -0.4 is 20.3 Å². The molecule has 0 bridgehead atoms. The average Bonchev–Trinajstić information content (AvgIpc) is 2.89. The molecule has 1 amide bonds. The van der Waals surface area contributed by atoms with Gasteiger partial charge in [-0.05, 0) is 73.2 Å². The van der Waals surface area contributed by atoms with Gasteiger partial charge in [0.25, 0.3) is 0 Å². The van der Waals surface area contributed by atoms with Crippen molar-refractivity contribution in [3.8, 4) is 11.8 Å². The normalized spacial score (nSPS) is 14.1. The topological polar surface area (TPSA) is 86.6 Å². The average molecular weight is 457 g/mol. The number of nitrogens with zero attached hydrogens (tertiary/aromatic N) is 2. The minimum Gasteiger partial charge on any atom is -0.489 e. The highest BCUT2D eigenvalue weighted by Crippen LogP contribution is 2.21. The summed E-state index contributed by atoms with van der Waals surface area (Å²) in [4.78, 5) is 14.9. The zero-order valence-electron chi connectivity index (χ0n) is 19.2. The second kappa shape index (κ2) is 11.2. The first-order valence-corrected chi connectivity index (χ1v) is 11.3. The van der Waals surface area contributed by atoms with Gasteiger partial charge in [-0.3, -0.25) is 4.79 Å². The van der Waals surface area contributed by atoms with Crippen molar-refractivity contribution in [2.45, 2.75) is 19.6 Å². The Labute approximate surface area is 199 Å². The summed E-state index contributed by atoms with van der Waals surface area (Å²) in [5.74, 6) is 0.599. The first kappa shape index (κ1) is 23.1. The van der Waals surface area contributed by atoms with Crippen molar-refractivity contribution in [3.63, 3.8) is 0 Å². The lowest BCUT2D eigenvalue weighted by molar-refractivity contribution is -0.116. The number of hydrogen-bond donors (Lipinski definition) is 2. The third-order valence-electron chi connectivity index (χ3n) is 5.60. The van der Waals surface area contributed by atoms with E-state index in [1.54, 1.807) is 6.07 Å². The summed E-state index contributed by atoms with van der Waals surface area (Å²) in [5.41, 5.74) is 4.27. The van der Waals surface area contributed by atoms with Gasteiger partial charge in [-0.1, -0.05) is 12.1 Å². The fraction of sp³-hybridized carbons (Fsp3) is 0.259. The largest absolute Gasteiger partial charge is 0.489 e. The van der Waals surface area contributed by atoms with Gasteiger partial charge in [-0.25, -0.2) is 0 Å². The molecule has 1 aliphatic heterocycles. The zero-order chi connectivity index (χ0) is 23.8. The maximum absolute atomic E-state index is 12.6.